The molecule has 1 aliphatic rings. The van der Waals surface area contributed by atoms with E-state index < -0.39 is 11.9 Å². The normalized spacial score (nSPS) is 14.6. The van der Waals surface area contributed by atoms with Gasteiger partial charge in [-0.3, -0.25) is 4.79 Å². The van der Waals surface area contributed by atoms with Crippen LogP contribution in [0.4, 0.5) is 18.9 Å². The minimum atomic E-state index is -4.43. The number of guanidine groups is 1. The molecule has 3 rings (SSSR count). The van der Waals surface area contributed by atoms with E-state index >= 15 is 0 Å². The van der Waals surface area contributed by atoms with Crippen LogP contribution in [-0.4, -0.2) is 29.9 Å². The van der Waals surface area contributed by atoms with E-state index in [1.165, 1.54) is 0 Å². The lowest BCUT2D eigenvalue weighted by atomic mass is 10.2. The third-order valence-corrected chi connectivity index (χ3v) is 5.18. The molecule has 1 saturated heterocycles. The minimum absolute atomic E-state index is 0. The van der Waals surface area contributed by atoms with Gasteiger partial charge in [-0.2, -0.15) is 13.2 Å². The minimum Gasteiger partial charge on any atom is -0.357 e. The highest BCUT2D eigenvalue weighted by Gasteiger charge is 2.33. The van der Waals surface area contributed by atoms with Crippen molar-refractivity contribution >= 4 is 52.9 Å². The van der Waals surface area contributed by atoms with Crippen LogP contribution in [0, 0.1) is 0 Å². The lowest BCUT2D eigenvalue weighted by Gasteiger charge is -2.15. The van der Waals surface area contributed by atoms with E-state index in [9.17, 15) is 18.0 Å². The van der Waals surface area contributed by atoms with Gasteiger partial charge in [0.1, 0.15) is 5.01 Å². The summed E-state index contributed by atoms with van der Waals surface area (Å²) >= 11 is 0.956. The van der Waals surface area contributed by atoms with Gasteiger partial charge in [0.05, 0.1) is 13.1 Å². The first-order valence-electron chi connectivity index (χ1n) is 9.30. The predicted molar refractivity (Wildman–Crippen MR) is 122 cm³/mol. The largest absolute Gasteiger partial charge is 0.434 e. The van der Waals surface area contributed by atoms with Crippen molar-refractivity contribution in [2.24, 2.45) is 4.99 Å². The molecule has 164 valence electrons. The second kappa shape index (κ2) is 10.9. The zero-order chi connectivity index (χ0) is 20.9. The molecule has 1 aromatic carbocycles. The van der Waals surface area contributed by atoms with Crippen LogP contribution in [0.5, 0.6) is 0 Å². The fraction of sp³-hybridized carbons (Fsp3) is 0.421. The average molecular weight is 553 g/mol. The van der Waals surface area contributed by atoms with Gasteiger partial charge in [0.25, 0.3) is 0 Å². The summed E-state index contributed by atoms with van der Waals surface area (Å²) in [6, 6.07) is 7.65. The zero-order valence-corrected chi connectivity index (χ0v) is 19.5. The summed E-state index contributed by atoms with van der Waals surface area (Å²) in [6.07, 6.45) is -2.96. The van der Waals surface area contributed by atoms with Crippen molar-refractivity contribution in [2.75, 3.05) is 18.0 Å². The number of halogens is 4. The molecule has 0 bridgehead atoms. The van der Waals surface area contributed by atoms with Crippen molar-refractivity contribution in [1.82, 2.24) is 15.6 Å². The summed E-state index contributed by atoms with van der Waals surface area (Å²) in [7, 11) is 0. The van der Waals surface area contributed by atoms with Gasteiger partial charge in [0, 0.05) is 30.6 Å². The van der Waals surface area contributed by atoms with Gasteiger partial charge in [-0.25, -0.2) is 9.98 Å². The number of benzene rings is 1. The van der Waals surface area contributed by atoms with Crippen LogP contribution in [0.2, 0.25) is 0 Å². The van der Waals surface area contributed by atoms with Gasteiger partial charge in [0.15, 0.2) is 11.7 Å². The molecular weight excluding hydrogens is 530 g/mol. The van der Waals surface area contributed by atoms with Crippen LogP contribution in [0.25, 0.3) is 0 Å². The molecule has 0 saturated carbocycles. The molecule has 0 aliphatic carbocycles. The molecule has 0 spiro atoms. The number of anilines is 1. The number of aromatic nitrogens is 1. The Balaban J connectivity index is 0.00000320. The topological polar surface area (TPSA) is 69.6 Å². The Morgan fingerprint density at radius 1 is 1.27 bits per heavy atom. The van der Waals surface area contributed by atoms with Crippen molar-refractivity contribution in [3.05, 3.63) is 45.9 Å². The molecule has 1 fully saturated rings. The standard InChI is InChI=1S/C19H22F3N5OS.HI/c1-2-23-18(25-11-16-26-15(12-29-16)19(20,21)22)24-10-13-5-7-14(8-6-13)27-9-3-4-17(27)28;/h5-8,12H,2-4,9-11H2,1H3,(H2,23,24,25);1H. The number of aliphatic imine (C=N–C) groups is 1. The smallest absolute Gasteiger partial charge is 0.357 e. The molecule has 1 aromatic heterocycles. The second-order valence-electron chi connectivity index (χ2n) is 6.49. The molecule has 2 N–H and O–H groups in total. The van der Waals surface area contributed by atoms with Crippen LogP contribution in [-0.2, 0) is 24.1 Å². The number of thiazole rings is 1. The Labute approximate surface area is 194 Å². The molecule has 1 aliphatic heterocycles. The number of nitrogens with one attached hydrogen (secondary N) is 2. The van der Waals surface area contributed by atoms with Gasteiger partial charge in [-0.15, -0.1) is 35.3 Å². The molecule has 6 nitrogen and oxygen atoms in total. The van der Waals surface area contributed by atoms with Gasteiger partial charge in [0.2, 0.25) is 5.91 Å². The summed E-state index contributed by atoms with van der Waals surface area (Å²) in [5.74, 6) is 0.639. The fourth-order valence-corrected chi connectivity index (χ4v) is 3.64. The fourth-order valence-electron chi connectivity index (χ4n) is 2.90. The van der Waals surface area contributed by atoms with E-state index in [0.717, 1.165) is 40.9 Å². The van der Waals surface area contributed by atoms with Crippen LogP contribution in [0.3, 0.4) is 0 Å². The Kier molecular flexibility index (Phi) is 8.89. The Morgan fingerprint density at radius 3 is 2.57 bits per heavy atom. The third-order valence-electron chi connectivity index (χ3n) is 4.33. The number of hydrogen-bond acceptors (Lipinski definition) is 4. The Hall–Kier alpha value is -1.89. The molecule has 30 heavy (non-hydrogen) atoms. The van der Waals surface area contributed by atoms with E-state index in [4.69, 9.17) is 0 Å². The highest BCUT2D eigenvalue weighted by Crippen LogP contribution is 2.29. The zero-order valence-electron chi connectivity index (χ0n) is 16.3. The summed E-state index contributed by atoms with van der Waals surface area (Å²) in [5.41, 5.74) is 0.971. The third kappa shape index (κ3) is 6.56. The summed E-state index contributed by atoms with van der Waals surface area (Å²) in [6.45, 7) is 3.83. The first-order valence-corrected chi connectivity index (χ1v) is 10.2. The number of nitrogens with zero attached hydrogens (tertiary/aromatic N) is 3. The van der Waals surface area contributed by atoms with Gasteiger partial charge in [-0.1, -0.05) is 12.1 Å². The molecule has 0 radical (unpaired) electrons. The molecule has 11 heteroatoms. The lowest BCUT2D eigenvalue weighted by molar-refractivity contribution is -0.140. The summed E-state index contributed by atoms with van der Waals surface area (Å²) in [5, 5.41) is 7.41. The summed E-state index contributed by atoms with van der Waals surface area (Å²) in [4.78, 5) is 21.7. The monoisotopic (exact) mass is 553 g/mol. The van der Waals surface area contributed by atoms with Gasteiger partial charge in [-0.05, 0) is 31.0 Å². The molecule has 1 amide bonds. The van der Waals surface area contributed by atoms with Crippen molar-refractivity contribution in [3.63, 3.8) is 0 Å². The van der Waals surface area contributed by atoms with Gasteiger partial charge < -0.3 is 15.5 Å². The summed E-state index contributed by atoms with van der Waals surface area (Å²) < 4.78 is 37.9. The van der Waals surface area contributed by atoms with Crippen molar-refractivity contribution in [2.45, 2.75) is 39.0 Å². The number of hydrogen-bond donors (Lipinski definition) is 2. The Morgan fingerprint density at radius 2 is 2.00 bits per heavy atom. The maximum Gasteiger partial charge on any atom is 0.434 e. The van der Waals surface area contributed by atoms with E-state index in [1.54, 1.807) is 4.90 Å². The van der Waals surface area contributed by atoms with E-state index in [1.807, 2.05) is 31.2 Å². The number of amides is 1. The van der Waals surface area contributed by atoms with Crippen LogP contribution in [0.1, 0.15) is 36.0 Å². The maximum absolute atomic E-state index is 12.6. The first kappa shape index (κ1) is 24.4. The van der Waals surface area contributed by atoms with E-state index in [0.29, 0.717) is 30.5 Å². The van der Waals surface area contributed by atoms with Crippen molar-refractivity contribution in [1.29, 1.82) is 0 Å². The predicted octanol–water partition coefficient (Wildman–Crippen LogP) is 4.16. The molecule has 0 atom stereocenters. The number of carbonyl (C=O) groups is 1. The van der Waals surface area contributed by atoms with E-state index in [-0.39, 0.29) is 36.4 Å². The highest BCUT2D eigenvalue weighted by atomic mass is 127. The number of rotatable bonds is 6. The molecular formula is C19H23F3IN5OS. The second-order valence-corrected chi connectivity index (χ2v) is 7.43. The number of alkyl halides is 3. The van der Waals surface area contributed by atoms with Crippen LogP contribution in [0.15, 0.2) is 34.6 Å². The highest BCUT2D eigenvalue weighted by molar-refractivity contribution is 14.0. The van der Waals surface area contributed by atoms with Crippen LogP contribution < -0.4 is 15.5 Å². The SMILES string of the molecule is CCNC(=NCc1ccc(N2CCCC2=O)cc1)NCc1nc(C(F)(F)F)cs1.I. The Bertz CT molecular complexity index is 870. The molecule has 2 heterocycles. The quantitative estimate of drug-likeness (QED) is 0.321. The van der Waals surface area contributed by atoms with Crippen molar-refractivity contribution < 1.29 is 18.0 Å². The lowest BCUT2D eigenvalue weighted by Crippen LogP contribution is -2.36. The van der Waals surface area contributed by atoms with E-state index in [2.05, 4.69) is 20.6 Å². The number of carbonyl (C=O) groups excluding carboxylic acids is 1. The average Bonchev–Trinajstić information content (AvgIpc) is 3.33. The molecule has 0 unspecified atom stereocenters. The van der Waals surface area contributed by atoms with Crippen molar-refractivity contribution in [3.8, 4) is 0 Å². The first-order chi connectivity index (χ1) is 13.9. The molecule has 2 aromatic rings. The van der Waals surface area contributed by atoms with Gasteiger partial charge >= 0.3 is 6.18 Å². The maximum atomic E-state index is 12.6. The van der Waals surface area contributed by atoms with Crippen LogP contribution >= 0.6 is 35.3 Å².